The Morgan fingerprint density at radius 2 is 2.00 bits per heavy atom. The molecule has 21 heavy (non-hydrogen) atoms. The predicted molar refractivity (Wildman–Crippen MR) is 80.1 cm³/mol. The fourth-order valence-electron chi connectivity index (χ4n) is 1.72. The first kappa shape index (κ1) is 15.5. The van der Waals surface area contributed by atoms with Gasteiger partial charge >= 0.3 is 0 Å². The number of rotatable bonds is 9. The molecule has 0 atom stereocenters. The van der Waals surface area contributed by atoms with Crippen LogP contribution in [0.25, 0.3) is 0 Å². The van der Waals surface area contributed by atoms with E-state index in [1.54, 1.807) is 0 Å². The minimum atomic E-state index is 0.410. The molecule has 0 amide bonds. The quantitative estimate of drug-likeness (QED) is 0.720. The molecule has 0 radical (unpaired) electrons. The largest absolute Gasteiger partial charge is 0.491 e. The lowest BCUT2D eigenvalue weighted by Crippen LogP contribution is -2.21. The zero-order chi connectivity index (χ0) is 14.9. The van der Waals surface area contributed by atoms with Crippen LogP contribution >= 0.6 is 0 Å². The second kappa shape index (κ2) is 8.44. The van der Waals surface area contributed by atoms with Gasteiger partial charge in [-0.1, -0.05) is 37.2 Å². The highest BCUT2D eigenvalue weighted by Gasteiger charge is 2.04. The van der Waals surface area contributed by atoms with Gasteiger partial charge in [0.15, 0.2) is 5.76 Å². The van der Waals surface area contributed by atoms with Gasteiger partial charge in [-0.15, -0.1) is 0 Å². The van der Waals surface area contributed by atoms with Crippen LogP contribution in [0.1, 0.15) is 25.3 Å². The molecule has 1 aromatic heterocycles. The highest BCUT2D eigenvalue weighted by Crippen LogP contribution is 2.08. The van der Waals surface area contributed by atoms with E-state index in [1.165, 1.54) is 0 Å². The molecule has 2 rings (SSSR count). The Labute approximate surface area is 125 Å². The molecule has 0 aliphatic carbocycles. The third kappa shape index (κ3) is 5.97. The van der Waals surface area contributed by atoms with E-state index in [9.17, 15) is 0 Å². The molecule has 5 heteroatoms. The molecule has 0 bridgehead atoms. The van der Waals surface area contributed by atoms with E-state index in [1.807, 2.05) is 36.4 Å². The van der Waals surface area contributed by atoms with Gasteiger partial charge in [0.05, 0.1) is 12.3 Å². The van der Waals surface area contributed by atoms with Crippen molar-refractivity contribution in [2.24, 2.45) is 0 Å². The molecule has 0 aliphatic heterocycles. The summed E-state index contributed by atoms with van der Waals surface area (Å²) in [6.45, 7) is 6.33. The lowest BCUT2D eigenvalue weighted by atomic mass is 10.3. The second-order valence-corrected chi connectivity index (χ2v) is 5.03. The number of nitrogens with zero attached hydrogens (tertiary/aromatic N) is 1. The van der Waals surface area contributed by atoms with Crippen LogP contribution < -0.4 is 10.1 Å². The average molecular weight is 290 g/mol. The third-order valence-corrected chi connectivity index (χ3v) is 2.78. The van der Waals surface area contributed by atoms with E-state index in [4.69, 9.17) is 14.0 Å². The molecule has 1 N–H and O–H groups in total. The first-order chi connectivity index (χ1) is 10.2. The zero-order valence-corrected chi connectivity index (χ0v) is 12.5. The van der Waals surface area contributed by atoms with Gasteiger partial charge in [-0.3, -0.25) is 0 Å². The molecule has 0 saturated heterocycles. The molecule has 0 unspecified atom stereocenters. The van der Waals surface area contributed by atoms with Gasteiger partial charge in [-0.05, 0) is 12.1 Å². The van der Waals surface area contributed by atoms with E-state index in [-0.39, 0.29) is 0 Å². The highest BCUT2D eigenvalue weighted by atomic mass is 16.5. The summed E-state index contributed by atoms with van der Waals surface area (Å²) in [5.74, 6) is 1.58. The Kier molecular flexibility index (Phi) is 6.24. The van der Waals surface area contributed by atoms with Crippen molar-refractivity contribution in [3.8, 4) is 5.75 Å². The lowest BCUT2D eigenvalue weighted by Gasteiger charge is -2.05. The molecule has 0 fully saturated rings. The summed E-state index contributed by atoms with van der Waals surface area (Å²) in [6.07, 6.45) is 0. The smallest absolute Gasteiger partial charge is 0.162 e. The molecule has 0 spiro atoms. The van der Waals surface area contributed by atoms with E-state index in [0.717, 1.165) is 17.2 Å². The highest BCUT2D eigenvalue weighted by molar-refractivity contribution is 5.20. The summed E-state index contributed by atoms with van der Waals surface area (Å²) in [5.41, 5.74) is 0.892. The Morgan fingerprint density at radius 3 is 2.76 bits per heavy atom. The van der Waals surface area contributed by atoms with Crippen LogP contribution in [0.4, 0.5) is 0 Å². The van der Waals surface area contributed by atoms with Gasteiger partial charge in [0.1, 0.15) is 19.0 Å². The van der Waals surface area contributed by atoms with Crippen molar-refractivity contribution in [1.82, 2.24) is 10.5 Å². The monoisotopic (exact) mass is 290 g/mol. The first-order valence-electron chi connectivity index (χ1n) is 7.17. The standard InChI is InChI=1S/C16H22N2O3/c1-13(2)17-11-14-10-16(21-18-14)12-19-8-9-20-15-6-4-3-5-7-15/h3-7,10,13,17H,8-9,11-12H2,1-2H3. The van der Waals surface area contributed by atoms with Crippen LogP contribution in [0.5, 0.6) is 5.75 Å². The first-order valence-corrected chi connectivity index (χ1v) is 7.17. The molecule has 114 valence electrons. The topological polar surface area (TPSA) is 56.5 Å². The van der Waals surface area contributed by atoms with Crippen molar-refractivity contribution in [2.75, 3.05) is 13.2 Å². The van der Waals surface area contributed by atoms with Crippen LogP contribution in [0.3, 0.4) is 0 Å². The molecular formula is C16H22N2O3. The van der Waals surface area contributed by atoms with Crippen molar-refractivity contribution in [3.05, 3.63) is 47.9 Å². The van der Waals surface area contributed by atoms with Crippen LogP contribution in [-0.2, 0) is 17.9 Å². The maximum Gasteiger partial charge on any atom is 0.162 e. The van der Waals surface area contributed by atoms with E-state index < -0.39 is 0 Å². The Bertz CT molecular complexity index is 511. The van der Waals surface area contributed by atoms with Gasteiger partial charge in [0, 0.05) is 18.7 Å². The maximum absolute atomic E-state index is 5.53. The van der Waals surface area contributed by atoms with Gasteiger partial charge < -0.3 is 19.3 Å². The zero-order valence-electron chi connectivity index (χ0n) is 12.5. The van der Waals surface area contributed by atoms with Gasteiger partial charge in [-0.2, -0.15) is 0 Å². The minimum absolute atomic E-state index is 0.410. The number of aromatic nitrogens is 1. The number of nitrogens with one attached hydrogen (secondary N) is 1. The summed E-state index contributed by atoms with van der Waals surface area (Å²) < 4.78 is 16.2. The normalized spacial score (nSPS) is 11.0. The van der Waals surface area contributed by atoms with Crippen molar-refractivity contribution in [2.45, 2.75) is 33.0 Å². The van der Waals surface area contributed by atoms with E-state index in [2.05, 4.69) is 24.3 Å². The summed E-state index contributed by atoms with van der Waals surface area (Å²) in [5, 5.41) is 7.27. The number of ether oxygens (including phenoxy) is 2. The van der Waals surface area contributed by atoms with Gasteiger partial charge in [0.2, 0.25) is 0 Å². The van der Waals surface area contributed by atoms with Crippen molar-refractivity contribution >= 4 is 0 Å². The second-order valence-electron chi connectivity index (χ2n) is 5.03. The number of benzene rings is 1. The van der Waals surface area contributed by atoms with Crippen LogP contribution in [-0.4, -0.2) is 24.4 Å². The van der Waals surface area contributed by atoms with Gasteiger partial charge in [0.25, 0.3) is 0 Å². The van der Waals surface area contributed by atoms with Crippen LogP contribution in [0.15, 0.2) is 40.9 Å². The molecule has 1 aromatic carbocycles. The van der Waals surface area contributed by atoms with Crippen molar-refractivity contribution in [1.29, 1.82) is 0 Å². The SMILES string of the molecule is CC(C)NCc1cc(COCCOc2ccccc2)on1. The van der Waals surface area contributed by atoms with Crippen LogP contribution in [0, 0.1) is 0 Å². The van der Waals surface area contributed by atoms with Crippen molar-refractivity contribution in [3.63, 3.8) is 0 Å². The summed E-state index contributed by atoms with van der Waals surface area (Å²) in [4.78, 5) is 0. The minimum Gasteiger partial charge on any atom is -0.491 e. The summed E-state index contributed by atoms with van der Waals surface area (Å²) in [7, 11) is 0. The number of hydrogen-bond donors (Lipinski definition) is 1. The summed E-state index contributed by atoms with van der Waals surface area (Å²) in [6, 6.07) is 12.0. The third-order valence-electron chi connectivity index (χ3n) is 2.78. The predicted octanol–water partition coefficient (Wildman–Crippen LogP) is 2.77. The Balaban J connectivity index is 1.60. The fraction of sp³-hybridized carbons (Fsp3) is 0.438. The molecule has 1 heterocycles. The molecular weight excluding hydrogens is 268 g/mol. The van der Waals surface area contributed by atoms with Gasteiger partial charge in [-0.25, -0.2) is 0 Å². The van der Waals surface area contributed by atoms with E-state index >= 15 is 0 Å². The van der Waals surface area contributed by atoms with Crippen molar-refractivity contribution < 1.29 is 14.0 Å². The molecule has 2 aromatic rings. The average Bonchev–Trinajstić information content (AvgIpc) is 2.94. The number of para-hydroxylation sites is 1. The van der Waals surface area contributed by atoms with Crippen LogP contribution in [0.2, 0.25) is 0 Å². The lowest BCUT2D eigenvalue weighted by molar-refractivity contribution is 0.0746. The number of hydrogen-bond acceptors (Lipinski definition) is 5. The molecule has 0 aliphatic rings. The summed E-state index contributed by atoms with van der Waals surface area (Å²) >= 11 is 0. The Morgan fingerprint density at radius 1 is 1.19 bits per heavy atom. The van der Waals surface area contributed by atoms with E-state index in [0.29, 0.717) is 32.4 Å². The molecule has 5 nitrogen and oxygen atoms in total. The molecule has 0 saturated carbocycles. The fourth-order valence-corrected chi connectivity index (χ4v) is 1.72. The maximum atomic E-state index is 5.53. The Hall–Kier alpha value is -1.85.